The molecule has 2 aliphatic rings. The average molecular weight is 226 g/mol. The topological polar surface area (TPSA) is 64.7 Å². The Bertz CT molecular complexity index is 333. The zero-order chi connectivity index (χ0) is 12.0. The lowest BCUT2D eigenvalue weighted by atomic mass is 9.86. The molecule has 4 amide bonds. The summed E-state index contributed by atoms with van der Waals surface area (Å²) in [7, 11) is 3.48. The van der Waals surface area contributed by atoms with Crippen molar-refractivity contribution in [1.29, 1.82) is 0 Å². The number of rotatable bonds is 0. The van der Waals surface area contributed by atoms with Crippen molar-refractivity contribution in [3.05, 3.63) is 0 Å². The Morgan fingerprint density at radius 2 is 1.56 bits per heavy atom. The van der Waals surface area contributed by atoms with Crippen LogP contribution < -0.4 is 10.6 Å². The summed E-state index contributed by atoms with van der Waals surface area (Å²) in [5.41, 5.74) is 0. The first-order valence-corrected chi connectivity index (χ1v) is 5.50. The molecule has 2 aliphatic heterocycles. The number of amides is 4. The van der Waals surface area contributed by atoms with E-state index in [-0.39, 0.29) is 36.2 Å². The van der Waals surface area contributed by atoms with Crippen LogP contribution in [0.2, 0.25) is 0 Å². The molecule has 90 valence electrons. The number of carbonyl (C=O) groups excluding carboxylic acids is 2. The molecule has 16 heavy (non-hydrogen) atoms. The van der Waals surface area contributed by atoms with Gasteiger partial charge >= 0.3 is 12.1 Å². The minimum Gasteiger partial charge on any atom is -0.335 e. The van der Waals surface area contributed by atoms with Gasteiger partial charge in [-0.1, -0.05) is 0 Å². The molecule has 6 heteroatoms. The van der Waals surface area contributed by atoms with Gasteiger partial charge in [-0.2, -0.15) is 0 Å². The Morgan fingerprint density at radius 3 is 2.19 bits per heavy atom. The van der Waals surface area contributed by atoms with Gasteiger partial charge in [0.1, 0.15) is 6.17 Å². The van der Waals surface area contributed by atoms with Gasteiger partial charge < -0.3 is 20.4 Å². The van der Waals surface area contributed by atoms with Crippen molar-refractivity contribution >= 4 is 12.1 Å². The summed E-state index contributed by atoms with van der Waals surface area (Å²) in [6, 6.07) is -0.0862. The van der Waals surface area contributed by atoms with Crippen LogP contribution in [-0.2, 0) is 0 Å². The molecule has 0 aromatic carbocycles. The highest BCUT2D eigenvalue weighted by atomic mass is 16.2. The maximum atomic E-state index is 11.7. The molecule has 0 unspecified atom stereocenters. The van der Waals surface area contributed by atoms with Gasteiger partial charge in [-0.05, 0) is 13.8 Å². The number of fused-ring (bicyclic) bond motifs is 1. The van der Waals surface area contributed by atoms with Gasteiger partial charge in [0.25, 0.3) is 0 Å². The molecule has 0 saturated carbocycles. The number of urea groups is 2. The van der Waals surface area contributed by atoms with E-state index in [0.717, 1.165) is 0 Å². The summed E-state index contributed by atoms with van der Waals surface area (Å²) < 4.78 is 0. The summed E-state index contributed by atoms with van der Waals surface area (Å²) >= 11 is 0. The molecule has 0 aromatic heterocycles. The van der Waals surface area contributed by atoms with Crippen molar-refractivity contribution in [3.63, 3.8) is 0 Å². The lowest BCUT2D eigenvalue weighted by Gasteiger charge is -2.51. The van der Waals surface area contributed by atoms with E-state index < -0.39 is 0 Å². The highest BCUT2D eigenvalue weighted by Crippen LogP contribution is 2.27. The fraction of sp³-hybridized carbons (Fsp3) is 0.800. The highest BCUT2D eigenvalue weighted by Gasteiger charge is 2.47. The maximum Gasteiger partial charge on any atom is 0.319 e. The van der Waals surface area contributed by atoms with Gasteiger partial charge in [-0.15, -0.1) is 0 Å². The molecule has 2 heterocycles. The second kappa shape index (κ2) is 3.54. The van der Waals surface area contributed by atoms with E-state index in [1.54, 1.807) is 23.9 Å². The van der Waals surface area contributed by atoms with Gasteiger partial charge in [-0.25, -0.2) is 9.59 Å². The lowest BCUT2D eigenvalue weighted by molar-refractivity contribution is 0.0318. The van der Waals surface area contributed by atoms with Crippen molar-refractivity contribution in [1.82, 2.24) is 20.4 Å². The van der Waals surface area contributed by atoms with Crippen LogP contribution in [0.15, 0.2) is 0 Å². The van der Waals surface area contributed by atoms with Crippen molar-refractivity contribution < 1.29 is 9.59 Å². The van der Waals surface area contributed by atoms with Gasteiger partial charge in [0.05, 0.1) is 0 Å². The Balaban J connectivity index is 2.29. The normalized spacial score (nSPS) is 39.0. The van der Waals surface area contributed by atoms with E-state index in [1.807, 2.05) is 13.8 Å². The largest absolute Gasteiger partial charge is 0.335 e. The van der Waals surface area contributed by atoms with Crippen LogP contribution in [-0.4, -0.2) is 54.2 Å². The average Bonchev–Trinajstić information content (AvgIpc) is 2.22. The fourth-order valence-electron chi connectivity index (χ4n) is 2.60. The quantitative estimate of drug-likeness (QED) is 0.611. The molecule has 0 radical (unpaired) electrons. The Hall–Kier alpha value is -1.46. The molecule has 0 spiro atoms. The Labute approximate surface area is 95.0 Å². The van der Waals surface area contributed by atoms with Gasteiger partial charge in [0.15, 0.2) is 0 Å². The van der Waals surface area contributed by atoms with E-state index >= 15 is 0 Å². The minimum absolute atomic E-state index is 0.0618. The Kier molecular flexibility index (Phi) is 2.44. The number of hydrogen-bond acceptors (Lipinski definition) is 2. The van der Waals surface area contributed by atoms with Crippen molar-refractivity contribution in [2.75, 3.05) is 14.1 Å². The fourth-order valence-corrected chi connectivity index (χ4v) is 2.60. The number of hydrogen-bond donors (Lipinski definition) is 2. The smallest absolute Gasteiger partial charge is 0.319 e. The molecular weight excluding hydrogens is 208 g/mol. The van der Waals surface area contributed by atoms with Crippen LogP contribution in [0.1, 0.15) is 13.8 Å². The van der Waals surface area contributed by atoms with E-state index in [1.165, 1.54) is 0 Å². The van der Waals surface area contributed by atoms with E-state index in [0.29, 0.717) is 0 Å². The molecule has 0 aliphatic carbocycles. The minimum atomic E-state index is -0.206. The second-order valence-corrected chi connectivity index (χ2v) is 4.67. The maximum absolute atomic E-state index is 11.7. The molecule has 2 rings (SSSR count). The SMILES string of the molecule is C[C@@H]1NC(=O)N(C)[C@@H]2NC(=O)N(C)[C@@H](C)[C@@H]12. The first-order valence-electron chi connectivity index (χ1n) is 5.50. The summed E-state index contributed by atoms with van der Waals surface area (Å²) in [5.74, 6) is 0.199. The molecule has 2 fully saturated rings. The van der Waals surface area contributed by atoms with Crippen LogP contribution in [0.5, 0.6) is 0 Å². The van der Waals surface area contributed by atoms with Crippen LogP contribution >= 0.6 is 0 Å². The number of nitrogens with zero attached hydrogens (tertiary/aromatic N) is 2. The first-order chi connectivity index (χ1) is 7.43. The third-order valence-electron chi connectivity index (χ3n) is 3.79. The lowest BCUT2D eigenvalue weighted by Crippen LogP contribution is -2.73. The van der Waals surface area contributed by atoms with E-state index in [2.05, 4.69) is 10.6 Å². The molecule has 6 nitrogen and oxygen atoms in total. The summed E-state index contributed by atoms with van der Waals surface area (Å²) in [4.78, 5) is 26.5. The summed E-state index contributed by atoms with van der Waals surface area (Å²) in [5, 5.41) is 5.76. The predicted octanol–water partition coefficient (Wildman–Crippen LogP) is 0.0157. The monoisotopic (exact) mass is 226 g/mol. The molecular formula is C10H18N4O2. The molecule has 4 atom stereocenters. The second-order valence-electron chi connectivity index (χ2n) is 4.67. The third kappa shape index (κ3) is 1.40. The predicted molar refractivity (Wildman–Crippen MR) is 58.8 cm³/mol. The Morgan fingerprint density at radius 1 is 1.00 bits per heavy atom. The van der Waals surface area contributed by atoms with Crippen LogP contribution in [0.25, 0.3) is 0 Å². The van der Waals surface area contributed by atoms with E-state index in [9.17, 15) is 9.59 Å². The third-order valence-corrected chi connectivity index (χ3v) is 3.79. The zero-order valence-corrected chi connectivity index (χ0v) is 10.0. The number of carbonyl (C=O) groups is 2. The van der Waals surface area contributed by atoms with Crippen molar-refractivity contribution in [3.8, 4) is 0 Å². The summed E-state index contributed by atoms with van der Waals surface area (Å²) in [6.07, 6.45) is -0.206. The van der Waals surface area contributed by atoms with Crippen molar-refractivity contribution in [2.24, 2.45) is 5.92 Å². The first kappa shape index (κ1) is 11.0. The standard InChI is InChI=1S/C10H18N4O2/c1-5-7-6(2)13(3)10(16)12-8(7)14(4)9(15)11-5/h5-8H,1-4H3,(H,11,15)(H,12,16)/t5-,6-,7+,8-/m0/s1. The molecule has 0 bridgehead atoms. The van der Waals surface area contributed by atoms with Crippen LogP contribution in [0, 0.1) is 5.92 Å². The van der Waals surface area contributed by atoms with Crippen LogP contribution in [0.3, 0.4) is 0 Å². The summed E-state index contributed by atoms with van der Waals surface area (Å²) in [6.45, 7) is 3.99. The van der Waals surface area contributed by atoms with Crippen molar-refractivity contribution in [2.45, 2.75) is 32.1 Å². The molecule has 2 saturated heterocycles. The van der Waals surface area contributed by atoms with E-state index in [4.69, 9.17) is 0 Å². The zero-order valence-electron chi connectivity index (χ0n) is 10.0. The van der Waals surface area contributed by atoms with Gasteiger partial charge in [0, 0.05) is 32.1 Å². The highest BCUT2D eigenvalue weighted by molar-refractivity contribution is 5.80. The number of nitrogens with one attached hydrogen (secondary N) is 2. The van der Waals surface area contributed by atoms with Gasteiger partial charge in [-0.3, -0.25) is 0 Å². The molecule has 0 aromatic rings. The van der Waals surface area contributed by atoms with Gasteiger partial charge in [0.2, 0.25) is 0 Å². The molecule has 2 N–H and O–H groups in total. The van der Waals surface area contributed by atoms with Crippen LogP contribution in [0.4, 0.5) is 9.59 Å².